The van der Waals surface area contributed by atoms with E-state index in [0.29, 0.717) is 19.3 Å². The summed E-state index contributed by atoms with van der Waals surface area (Å²) in [5, 5.41) is 1.66. The molecular formula is C12H16F3NO3S2. The number of hydrogen-bond donors (Lipinski definition) is 1. The molecule has 1 saturated carbocycles. The number of thiophene rings is 1. The summed E-state index contributed by atoms with van der Waals surface area (Å²) < 4.78 is 68.1. The Balaban J connectivity index is 1.90. The normalized spacial score (nSPS) is 24.1. The van der Waals surface area contributed by atoms with Gasteiger partial charge in [0.1, 0.15) is 10.8 Å². The highest BCUT2D eigenvalue weighted by atomic mass is 32.2. The first-order valence-corrected chi connectivity index (χ1v) is 8.87. The minimum Gasteiger partial charge on any atom is -0.369 e. The van der Waals surface area contributed by atoms with Gasteiger partial charge in [-0.2, -0.15) is 13.2 Å². The summed E-state index contributed by atoms with van der Waals surface area (Å²) in [6, 6.07) is 2.74. The zero-order valence-electron chi connectivity index (χ0n) is 11.1. The molecule has 0 aromatic carbocycles. The Kier molecular flexibility index (Phi) is 5.29. The molecule has 0 unspecified atom stereocenters. The molecule has 0 saturated heterocycles. The molecule has 1 aromatic rings. The van der Waals surface area contributed by atoms with E-state index in [2.05, 4.69) is 4.72 Å². The van der Waals surface area contributed by atoms with Crippen molar-refractivity contribution in [2.45, 2.75) is 48.2 Å². The van der Waals surface area contributed by atoms with E-state index in [1.54, 1.807) is 11.4 Å². The van der Waals surface area contributed by atoms with Crippen molar-refractivity contribution in [1.82, 2.24) is 4.72 Å². The van der Waals surface area contributed by atoms with Gasteiger partial charge in [-0.15, -0.1) is 11.3 Å². The van der Waals surface area contributed by atoms with Crippen LogP contribution in [0.15, 0.2) is 21.7 Å². The predicted octanol–water partition coefficient (Wildman–Crippen LogP) is 2.92. The molecule has 0 amide bonds. The highest BCUT2D eigenvalue weighted by Gasteiger charge is 2.32. The molecule has 0 aliphatic heterocycles. The summed E-state index contributed by atoms with van der Waals surface area (Å²) >= 11 is 1.10. The van der Waals surface area contributed by atoms with Crippen LogP contribution in [0, 0.1) is 0 Å². The lowest BCUT2D eigenvalue weighted by atomic mass is 9.93. The predicted molar refractivity (Wildman–Crippen MR) is 72.7 cm³/mol. The smallest absolute Gasteiger partial charge is 0.369 e. The molecular weight excluding hydrogens is 327 g/mol. The maximum absolute atomic E-state index is 12.1. The molecule has 0 bridgehead atoms. The van der Waals surface area contributed by atoms with E-state index < -0.39 is 28.9 Å². The monoisotopic (exact) mass is 343 g/mol. The number of ether oxygens (including phenoxy) is 1. The topological polar surface area (TPSA) is 55.4 Å². The molecule has 1 heterocycles. The van der Waals surface area contributed by atoms with Crippen molar-refractivity contribution in [3.05, 3.63) is 17.5 Å². The maximum atomic E-state index is 12.1. The van der Waals surface area contributed by atoms with Gasteiger partial charge in [0.25, 0.3) is 0 Å². The number of alkyl halides is 3. The number of rotatable bonds is 5. The van der Waals surface area contributed by atoms with Crippen LogP contribution < -0.4 is 4.72 Å². The maximum Gasteiger partial charge on any atom is 0.411 e. The molecule has 9 heteroatoms. The third-order valence-electron chi connectivity index (χ3n) is 3.19. The number of hydrogen-bond acceptors (Lipinski definition) is 4. The molecule has 120 valence electrons. The summed E-state index contributed by atoms with van der Waals surface area (Å²) in [6.45, 7) is -1.29. The Hall–Kier alpha value is -0.640. The van der Waals surface area contributed by atoms with Crippen molar-refractivity contribution >= 4 is 21.4 Å². The van der Waals surface area contributed by atoms with Gasteiger partial charge in [0.2, 0.25) is 10.0 Å². The zero-order valence-corrected chi connectivity index (χ0v) is 12.7. The minimum absolute atomic E-state index is 0.209. The van der Waals surface area contributed by atoms with Crippen LogP contribution >= 0.6 is 11.3 Å². The Morgan fingerprint density at radius 3 is 2.76 bits per heavy atom. The van der Waals surface area contributed by atoms with Gasteiger partial charge in [-0.1, -0.05) is 6.07 Å². The SMILES string of the molecule is O=S(=O)(N[C@H]1CCC[C@@H](OCC(F)(F)F)C1)c1cccs1. The minimum atomic E-state index is -4.36. The highest BCUT2D eigenvalue weighted by molar-refractivity contribution is 7.91. The summed E-state index contributed by atoms with van der Waals surface area (Å²) in [4.78, 5) is 0. The van der Waals surface area contributed by atoms with Crippen molar-refractivity contribution < 1.29 is 26.3 Å². The lowest BCUT2D eigenvalue weighted by molar-refractivity contribution is -0.188. The molecule has 1 aromatic heterocycles. The van der Waals surface area contributed by atoms with Crippen molar-refractivity contribution in [1.29, 1.82) is 0 Å². The van der Waals surface area contributed by atoms with Crippen LogP contribution in [0.4, 0.5) is 13.2 Å². The van der Waals surface area contributed by atoms with E-state index in [4.69, 9.17) is 4.74 Å². The van der Waals surface area contributed by atoms with Gasteiger partial charge in [0, 0.05) is 6.04 Å². The van der Waals surface area contributed by atoms with Crippen LogP contribution in [-0.2, 0) is 14.8 Å². The Labute approximate surface area is 125 Å². The van der Waals surface area contributed by atoms with Crippen molar-refractivity contribution in [3.63, 3.8) is 0 Å². The lowest BCUT2D eigenvalue weighted by Crippen LogP contribution is -2.40. The standard InChI is InChI=1S/C12H16F3NO3S2/c13-12(14,15)8-19-10-4-1-3-9(7-10)16-21(17,18)11-5-2-6-20-11/h2,5-6,9-10,16H,1,3-4,7-8H2/t9-,10+/m0/s1. The Morgan fingerprint density at radius 1 is 1.38 bits per heavy atom. The van der Waals surface area contributed by atoms with Crippen molar-refractivity contribution in [2.75, 3.05) is 6.61 Å². The second-order valence-electron chi connectivity index (χ2n) is 4.97. The van der Waals surface area contributed by atoms with Gasteiger partial charge >= 0.3 is 6.18 Å². The molecule has 1 aliphatic rings. The van der Waals surface area contributed by atoms with Crippen LogP contribution in [0.3, 0.4) is 0 Å². The summed E-state index contributed by atoms with van der Waals surface area (Å²) in [5.74, 6) is 0. The first-order valence-electron chi connectivity index (χ1n) is 6.50. The van der Waals surface area contributed by atoms with Crippen LogP contribution in [-0.4, -0.2) is 33.3 Å². The van der Waals surface area contributed by atoms with E-state index in [1.807, 2.05) is 0 Å². The quantitative estimate of drug-likeness (QED) is 0.894. The average Bonchev–Trinajstić information content (AvgIpc) is 2.90. The molecule has 0 radical (unpaired) electrons. The summed E-state index contributed by atoms with van der Waals surface area (Å²) in [6.07, 6.45) is -2.88. The van der Waals surface area contributed by atoms with E-state index in [9.17, 15) is 21.6 Å². The van der Waals surface area contributed by atoms with E-state index in [0.717, 1.165) is 11.3 Å². The van der Waals surface area contributed by atoms with Gasteiger partial charge in [-0.25, -0.2) is 13.1 Å². The largest absolute Gasteiger partial charge is 0.411 e. The van der Waals surface area contributed by atoms with Gasteiger partial charge in [-0.3, -0.25) is 0 Å². The van der Waals surface area contributed by atoms with Crippen molar-refractivity contribution in [3.8, 4) is 0 Å². The molecule has 2 rings (SSSR count). The van der Waals surface area contributed by atoms with Crippen molar-refractivity contribution in [2.24, 2.45) is 0 Å². The van der Waals surface area contributed by atoms with E-state index in [-0.39, 0.29) is 16.7 Å². The first kappa shape index (κ1) is 16.7. The van der Waals surface area contributed by atoms with Crippen LogP contribution in [0.1, 0.15) is 25.7 Å². The molecule has 1 fully saturated rings. The number of sulfonamides is 1. The van der Waals surface area contributed by atoms with Gasteiger partial charge < -0.3 is 4.74 Å². The molecule has 1 N–H and O–H groups in total. The summed E-state index contributed by atoms with van der Waals surface area (Å²) in [5.41, 5.74) is 0. The fourth-order valence-corrected chi connectivity index (χ4v) is 4.60. The molecule has 4 nitrogen and oxygen atoms in total. The highest BCUT2D eigenvalue weighted by Crippen LogP contribution is 2.26. The zero-order chi connectivity index (χ0) is 15.5. The van der Waals surface area contributed by atoms with Crippen LogP contribution in [0.2, 0.25) is 0 Å². The summed E-state index contributed by atoms with van der Waals surface area (Å²) in [7, 11) is -3.59. The molecule has 1 aliphatic carbocycles. The fourth-order valence-electron chi connectivity index (χ4n) is 2.31. The van der Waals surface area contributed by atoms with Gasteiger partial charge in [-0.05, 0) is 37.1 Å². The van der Waals surface area contributed by atoms with Gasteiger partial charge in [0.15, 0.2) is 0 Å². The average molecular weight is 343 g/mol. The lowest BCUT2D eigenvalue weighted by Gasteiger charge is -2.29. The number of halogens is 3. The van der Waals surface area contributed by atoms with Crippen LogP contribution in [0.25, 0.3) is 0 Å². The number of nitrogens with one attached hydrogen (secondary N) is 1. The third kappa shape index (κ3) is 5.24. The molecule has 21 heavy (non-hydrogen) atoms. The van der Waals surface area contributed by atoms with Gasteiger partial charge in [0.05, 0.1) is 6.10 Å². The second kappa shape index (κ2) is 6.64. The molecule has 0 spiro atoms. The second-order valence-corrected chi connectivity index (χ2v) is 7.85. The van der Waals surface area contributed by atoms with E-state index >= 15 is 0 Å². The third-order valence-corrected chi connectivity index (χ3v) is 6.11. The Bertz CT molecular complexity index is 543. The fraction of sp³-hybridized carbons (Fsp3) is 0.667. The first-order chi connectivity index (χ1) is 9.76. The van der Waals surface area contributed by atoms with Crippen LogP contribution in [0.5, 0.6) is 0 Å². The Morgan fingerprint density at radius 2 is 2.14 bits per heavy atom. The molecule has 2 atom stereocenters. The van der Waals surface area contributed by atoms with E-state index in [1.165, 1.54) is 6.07 Å².